The molecule has 36 heavy (non-hydrogen) atoms. The molecule has 0 unspecified atom stereocenters. The summed E-state index contributed by atoms with van der Waals surface area (Å²) in [7, 11) is 1.58. The number of carbonyl (C=O) groups excluding carboxylic acids is 2. The van der Waals surface area contributed by atoms with E-state index in [2.05, 4.69) is 27.8 Å². The van der Waals surface area contributed by atoms with Gasteiger partial charge >= 0.3 is 0 Å². The topological polar surface area (TPSA) is 55.8 Å². The van der Waals surface area contributed by atoms with E-state index in [4.69, 9.17) is 21.1 Å². The van der Waals surface area contributed by atoms with Gasteiger partial charge in [0.15, 0.2) is 23.1 Å². The average molecular weight is 571 g/mol. The maximum atomic E-state index is 13.3. The second kappa shape index (κ2) is 10.4. The molecule has 0 bridgehead atoms. The van der Waals surface area contributed by atoms with Crippen molar-refractivity contribution in [1.82, 2.24) is 4.90 Å². The molecule has 3 aliphatic rings. The summed E-state index contributed by atoms with van der Waals surface area (Å²) in [5, 5.41) is 0.394. The molecule has 0 radical (unpaired) electrons. The minimum absolute atomic E-state index is 0.119. The third-order valence-corrected chi connectivity index (χ3v) is 8.37. The Morgan fingerprint density at radius 1 is 1.00 bits per heavy atom. The van der Waals surface area contributed by atoms with Crippen LogP contribution in [0.3, 0.4) is 0 Å². The highest BCUT2D eigenvalue weighted by Crippen LogP contribution is 2.51. The zero-order valence-electron chi connectivity index (χ0n) is 20.5. The Bertz CT molecular complexity index is 1250. The van der Waals surface area contributed by atoms with E-state index < -0.39 is 5.92 Å². The Morgan fingerprint density at radius 3 is 2.22 bits per heavy atom. The molecular weight excluding hydrogens is 542 g/mol. The predicted octanol–water partition coefficient (Wildman–Crippen LogP) is 7.12. The largest absolute Gasteiger partial charge is 0.493 e. The lowest BCUT2D eigenvalue weighted by atomic mass is 9.71. The van der Waals surface area contributed by atoms with Crippen molar-refractivity contribution in [1.29, 1.82) is 0 Å². The number of rotatable bonds is 6. The van der Waals surface area contributed by atoms with Crippen LogP contribution in [-0.2, 0) is 16.2 Å². The van der Waals surface area contributed by atoms with Gasteiger partial charge in [-0.3, -0.25) is 9.59 Å². The number of ether oxygens (including phenoxy) is 2. The maximum Gasteiger partial charge on any atom is 0.180 e. The van der Waals surface area contributed by atoms with Gasteiger partial charge in [0, 0.05) is 57.9 Å². The summed E-state index contributed by atoms with van der Waals surface area (Å²) in [5.41, 5.74) is 5.41. The molecule has 0 aromatic heterocycles. The molecule has 0 spiro atoms. The van der Waals surface area contributed by atoms with Crippen molar-refractivity contribution in [3.8, 4) is 11.5 Å². The van der Waals surface area contributed by atoms with Crippen molar-refractivity contribution in [3.05, 3.63) is 79.6 Å². The molecule has 5 rings (SSSR count). The number of allylic oxidation sites excluding steroid dienone is 4. The molecule has 2 aromatic rings. The monoisotopic (exact) mass is 569 g/mol. The summed E-state index contributed by atoms with van der Waals surface area (Å²) < 4.78 is 12.8. The van der Waals surface area contributed by atoms with Crippen LogP contribution in [0.5, 0.6) is 11.5 Å². The van der Waals surface area contributed by atoms with Crippen molar-refractivity contribution in [2.24, 2.45) is 0 Å². The number of hydrogen-bond donors (Lipinski definition) is 0. The molecule has 5 nitrogen and oxygen atoms in total. The minimum Gasteiger partial charge on any atom is -0.493 e. The van der Waals surface area contributed by atoms with Crippen molar-refractivity contribution in [2.75, 3.05) is 13.7 Å². The molecule has 0 atom stereocenters. The molecule has 0 amide bonds. The van der Waals surface area contributed by atoms with Crippen LogP contribution in [0.4, 0.5) is 0 Å². The van der Waals surface area contributed by atoms with Gasteiger partial charge in [0.05, 0.1) is 12.1 Å². The zero-order chi connectivity index (χ0) is 25.4. The summed E-state index contributed by atoms with van der Waals surface area (Å²) in [6.45, 7) is 3.15. The van der Waals surface area contributed by atoms with E-state index in [0.29, 0.717) is 36.0 Å². The first kappa shape index (κ1) is 25.1. The number of hydrogen-bond acceptors (Lipinski definition) is 5. The lowest BCUT2D eigenvalue weighted by Gasteiger charge is -2.43. The van der Waals surface area contributed by atoms with Gasteiger partial charge in [-0.1, -0.05) is 45.7 Å². The van der Waals surface area contributed by atoms with Crippen LogP contribution in [0, 0.1) is 0 Å². The molecular formula is C29H29BrClNO4. The van der Waals surface area contributed by atoms with Gasteiger partial charge in [0.25, 0.3) is 0 Å². The first-order chi connectivity index (χ1) is 17.4. The first-order valence-electron chi connectivity index (χ1n) is 12.5. The number of ketones is 2. The van der Waals surface area contributed by atoms with Gasteiger partial charge in [-0.25, -0.2) is 0 Å². The highest BCUT2D eigenvalue weighted by molar-refractivity contribution is 9.10. The molecule has 0 N–H and O–H groups in total. The van der Waals surface area contributed by atoms with Gasteiger partial charge in [0.1, 0.15) is 6.61 Å². The van der Waals surface area contributed by atoms with Crippen LogP contribution in [0.2, 0.25) is 5.02 Å². The summed E-state index contributed by atoms with van der Waals surface area (Å²) in [6.07, 6.45) is 4.36. The molecule has 2 aromatic carbocycles. The van der Waals surface area contributed by atoms with Crippen molar-refractivity contribution in [2.45, 2.75) is 58.0 Å². The SMILES string of the molecule is CCN1C2=C(C(=O)CCC2)C(c2cc(Cl)c(OCc3ccccc3Br)c(OC)c2)C2=C1CCCC2=O. The molecule has 2 aliphatic carbocycles. The Hall–Kier alpha value is -2.57. The fraction of sp³-hybridized carbons (Fsp3) is 0.379. The van der Waals surface area contributed by atoms with Crippen molar-refractivity contribution in [3.63, 3.8) is 0 Å². The van der Waals surface area contributed by atoms with Crippen LogP contribution >= 0.6 is 27.5 Å². The van der Waals surface area contributed by atoms with E-state index in [0.717, 1.165) is 70.4 Å². The fourth-order valence-electron chi connectivity index (χ4n) is 5.74. The van der Waals surface area contributed by atoms with Crippen molar-refractivity contribution >= 4 is 39.1 Å². The molecule has 1 heterocycles. The molecule has 0 saturated heterocycles. The van der Waals surface area contributed by atoms with Crippen molar-refractivity contribution < 1.29 is 19.1 Å². The average Bonchev–Trinajstić information content (AvgIpc) is 2.87. The van der Waals surface area contributed by atoms with Crippen LogP contribution in [-0.4, -0.2) is 30.1 Å². The smallest absolute Gasteiger partial charge is 0.180 e. The number of nitrogens with zero attached hydrogens (tertiary/aromatic N) is 1. The molecule has 0 saturated carbocycles. The van der Waals surface area contributed by atoms with Gasteiger partial charge in [-0.15, -0.1) is 0 Å². The Kier molecular flexibility index (Phi) is 7.27. The standard InChI is InChI=1S/C29H29BrClNO4/c1-3-32-21-10-6-12-23(33)27(21)26(28-22(32)11-7-13-24(28)34)18-14-20(31)29(25(15-18)35-2)36-16-17-8-4-5-9-19(17)30/h4-5,8-9,14-15,26H,3,6-7,10-13,16H2,1-2H3. The van der Waals surface area contributed by atoms with E-state index >= 15 is 0 Å². The summed E-state index contributed by atoms with van der Waals surface area (Å²) in [6, 6.07) is 11.6. The lowest BCUT2D eigenvalue weighted by Crippen LogP contribution is -2.39. The van der Waals surface area contributed by atoms with E-state index in [1.54, 1.807) is 7.11 Å². The first-order valence-corrected chi connectivity index (χ1v) is 13.6. The van der Waals surface area contributed by atoms with Crippen LogP contribution in [0.25, 0.3) is 0 Å². The van der Waals surface area contributed by atoms with E-state index in [1.807, 2.05) is 36.4 Å². The Morgan fingerprint density at radius 2 is 1.64 bits per heavy atom. The highest BCUT2D eigenvalue weighted by Gasteiger charge is 2.43. The molecule has 188 valence electrons. The van der Waals surface area contributed by atoms with Gasteiger partial charge in [-0.2, -0.15) is 0 Å². The van der Waals surface area contributed by atoms with Crippen LogP contribution in [0.15, 0.2) is 63.4 Å². The highest BCUT2D eigenvalue weighted by atomic mass is 79.9. The fourth-order valence-corrected chi connectivity index (χ4v) is 6.42. The number of carbonyl (C=O) groups is 2. The van der Waals surface area contributed by atoms with E-state index in [1.165, 1.54) is 0 Å². The number of methoxy groups -OCH3 is 1. The zero-order valence-corrected chi connectivity index (χ0v) is 22.9. The van der Waals surface area contributed by atoms with Gasteiger partial charge in [0.2, 0.25) is 0 Å². The third kappa shape index (κ3) is 4.39. The Labute approximate surface area is 225 Å². The summed E-state index contributed by atoms with van der Waals surface area (Å²) in [5.74, 6) is 0.737. The lowest BCUT2D eigenvalue weighted by molar-refractivity contribution is -0.117. The van der Waals surface area contributed by atoms with Crippen LogP contribution in [0.1, 0.15) is 62.5 Å². The normalized spacial score (nSPS) is 18.4. The number of halogens is 2. The summed E-state index contributed by atoms with van der Waals surface area (Å²) >= 11 is 10.3. The quantitative estimate of drug-likeness (QED) is 0.370. The molecule has 1 aliphatic heterocycles. The second-order valence-corrected chi connectivity index (χ2v) is 10.6. The number of benzene rings is 2. The van der Waals surface area contributed by atoms with E-state index in [-0.39, 0.29) is 11.6 Å². The third-order valence-electron chi connectivity index (χ3n) is 7.32. The van der Waals surface area contributed by atoms with E-state index in [9.17, 15) is 9.59 Å². The Balaban J connectivity index is 1.60. The number of Topliss-reactive ketones (excluding diaryl/α,β-unsaturated/α-hetero) is 2. The maximum absolute atomic E-state index is 13.3. The van der Waals surface area contributed by atoms with Crippen LogP contribution < -0.4 is 9.47 Å². The molecule has 0 fully saturated rings. The predicted molar refractivity (Wildman–Crippen MR) is 143 cm³/mol. The summed E-state index contributed by atoms with van der Waals surface area (Å²) in [4.78, 5) is 28.9. The second-order valence-electron chi connectivity index (χ2n) is 9.37. The molecule has 7 heteroatoms. The van der Waals surface area contributed by atoms with Gasteiger partial charge in [-0.05, 0) is 56.4 Å². The van der Waals surface area contributed by atoms with Gasteiger partial charge < -0.3 is 14.4 Å². The minimum atomic E-state index is -0.429.